The molecule has 12 amide bonds. The summed E-state index contributed by atoms with van der Waals surface area (Å²) >= 11 is 3.39. The molecule has 0 aliphatic carbocycles. The van der Waals surface area contributed by atoms with Crippen molar-refractivity contribution in [3.05, 3.63) is 0 Å². The van der Waals surface area contributed by atoms with Crippen LogP contribution in [0.1, 0.15) is 0 Å². The van der Waals surface area contributed by atoms with Crippen molar-refractivity contribution in [3.8, 4) is 0 Å². The number of primary amides is 8. The zero-order valence-corrected chi connectivity index (χ0v) is 23.8. The summed E-state index contributed by atoms with van der Waals surface area (Å²) in [5.74, 6) is 8.89. The molecule has 32 N–H and O–H groups in total. The molecule has 0 bridgehead atoms. The smallest absolute Gasteiger partial charge is 1.00 e. The van der Waals surface area contributed by atoms with Crippen LogP contribution >= 0.6 is 11.9 Å². The maximum Gasteiger partial charge on any atom is 1.00 e. The van der Waals surface area contributed by atoms with Crippen LogP contribution in [0.2, 0.25) is 0 Å². The van der Waals surface area contributed by atoms with Crippen LogP contribution in [0.25, 0.3) is 0 Å². The standard InChI is InChI=1S/C2H6N4O2.2CH5N3O.2CH4N2O.ClO.ClH.2H3N.2Na.H2O/c3-1(7)5-6-2(4)8;2*2-1(5)4-3;2*2-1(3)4;1-2;;;;;;/h(H3,3,5,7)(H3,4,6,8);2*3H2,(H3,2,4,5);2*(H4,2,3,4);;1H;2*1H3;;;1H2/q;;;;;-1;;;;2*+1;/p-1. The van der Waals surface area contributed by atoms with Crippen molar-refractivity contribution in [2.75, 3.05) is 0 Å². The van der Waals surface area contributed by atoms with Crippen molar-refractivity contribution in [2.24, 2.45) is 57.6 Å². The van der Waals surface area contributed by atoms with Crippen LogP contribution in [-0.4, -0.2) is 41.7 Å². The van der Waals surface area contributed by atoms with Crippen LogP contribution in [0.4, 0.5) is 28.8 Å². The van der Waals surface area contributed by atoms with Gasteiger partial charge in [0, 0.05) is 0 Å². The van der Waals surface area contributed by atoms with Gasteiger partial charge >= 0.3 is 95.3 Å². The van der Waals surface area contributed by atoms with Gasteiger partial charge in [-0.2, -0.15) is 0 Å². The summed E-state index contributed by atoms with van der Waals surface area (Å²) in [6.45, 7) is 0. The fourth-order valence-corrected chi connectivity index (χ4v) is 0.123. The summed E-state index contributed by atoms with van der Waals surface area (Å²) in [6, 6.07) is -4.82. The van der Waals surface area contributed by atoms with Crippen LogP contribution < -0.4 is 168 Å². The molecule has 0 saturated carbocycles. The van der Waals surface area contributed by atoms with Crippen LogP contribution in [0.5, 0.6) is 0 Å². The van der Waals surface area contributed by atoms with Gasteiger partial charge in [0.15, 0.2) is 0 Å². The molecular formula is C6H32Cl2N16Na2O8. The summed E-state index contributed by atoms with van der Waals surface area (Å²) in [5, 5.41) is 0. The Balaban J connectivity index is -0.0000000171. The quantitative estimate of drug-likeness (QED) is 0.0558. The van der Waals surface area contributed by atoms with E-state index in [0.29, 0.717) is 0 Å². The number of rotatable bonds is 0. The molecule has 0 aromatic heterocycles. The van der Waals surface area contributed by atoms with Crippen LogP contribution in [0.15, 0.2) is 0 Å². The van der Waals surface area contributed by atoms with Gasteiger partial charge in [-0.1, -0.05) is 0 Å². The molecule has 0 spiro atoms. The predicted octanol–water partition coefficient (Wildman–Crippen LogP) is -16.6. The van der Waals surface area contributed by atoms with Gasteiger partial charge in [0.05, 0.1) is 0 Å². The van der Waals surface area contributed by atoms with E-state index in [4.69, 9.17) is 14.2 Å². The van der Waals surface area contributed by atoms with E-state index < -0.39 is 36.2 Å². The molecule has 0 unspecified atom stereocenters. The number of amides is 12. The van der Waals surface area contributed by atoms with Gasteiger partial charge in [-0.3, -0.25) is 10.9 Å². The van der Waals surface area contributed by atoms with Crippen LogP contribution in [0, 0.1) is 0 Å². The number of urea groups is 6. The molecule has 0 heterocycles. The average Bonchev–Trinajstić information content (AvgIpc) is 2.54. The monoisotopic (exact) mass is 572 g/mol. The Morgan fingerprint density at radius 1 is 0.529 bits per heavy atom. The molecule has 0 aromatic carbocycles. The molecule has 0 atom stereocenters. The maximum absolute atomic E-state index is 9.74. The minimum Gasteiger partial charge on any atom is -1.00 e. The minimum atomic E-state index is -0.858. The topological polar surface area (TPSA) is 535 Å². The van der Waals surface area contributed by atoms with Crippen molar-refractivity contribution in [1.29, 1.82) is 0 Å². The molecule has 0 radical (unpaired) electrons. The Hall–Kier alpha value is -2.04. The molecule has 0 aliphatic rings. The third kappa shape index (κ3) is 519. The van der Waals surface area contributed by atoms with Crippen molar-refractivity contribution >= 4 is 48.1 Å². The Morgan fingerprint density at radius 3 is 0.647 bits per heavy atom. The van der Waals surface area contributed by atoms with Crippen molar-refractivity contribution in [2.45, 2.75) is 0 Å². The molecule has 0 aliphatic heterocycles. The molecule has 0 saturated heterocycles. The average molecular weight is 573 g/mol. The molecule has 28 heteroatoms. The zero-order chi connectivity index (χ0) is 24.3. The van der Waals surface area contributed by atoms with Crippen molar-refractivity contribution in [1.82, 2.24) is 34.0 Å². The van der Waals surface area contributed by atoms with Crippen molar-refractivity contribution < 1.29 is 110 Å². The van der Waals surface area contributed by atoms with E-state index in [0.717, 1.165) is 0 Å². The molecule has 0 rings (SSSR count). The van der Waals surface area contributed by atoms with E-state index in [-0.39, 0.29) is 89.3 Å². The predicted molar refractivity (Wildman–Crippen MR) is 106 cm³/mol. The maximum atomic E-state index is 9.74. The second-order valence-corrected chi connectivity index (χ2v) is 2.80. The van der Waals surface area contributed by atoms with Crippen molar-refractivity contribution in [3.63, 3.8) is 0 Å². The fraction of sp³-hybridized carbons (Fsp3) is 0. The zero-order valence-electron chi connectivity index (χ0n) is 18.3. The second kappa shape index (κ2) is 69.8. The molecular weight excluding hydrogens is 541 g/mol. The first-order valence-electron chi connectivity index (χ1n) is 5.52. The third-order valence-electron chi connectivity index (χ3n) is 0.593. The fourth-order valence-electron chi connectivity index (χ4n) is 0.123. The van der Waals surface area contributed by atoms with Crippen LogP contribution in [-0.2, 0) is 0 Å². The molecule has 200 valence electrons. The Bertz CT molecular complexity index is 419. The largest absolute Gasteiger partial charge is 1.00 e. The first kappa shape index (κ1) is 76.9. The first-order valence-corrected chi connectivity index (χ1v) is 5.82. The summed E-state index contributed by atoms with van der Waals surface area (Å²) in [7, 11) is 0. The Labute approximate surface area is 248 Å². The summed E-state index contributed by atoms with van der Waals surface area (Å²) in [5.41, 5.74) is 41.7. The molecule has 34 heavy (non-hydrogen) atoms. The second-order valence-electron chi connectivity index (χ2n) is 2.80. The van der Waals surface area contributed by atoms with Gasteiger partial charge in [0.25, 0.3) is 0 Å². The van der Waals surface area contributed by atoms with Gasteiger partial charge < -0.3 is 80.7 Å². The van der Waals surface area contributed by atoms with E-state index in [1.54, 1.807) is 21.7 Å². The van der Waals surface area contributed by atoms with Crippen LogP contribution in [0.3, 0.4) is 0 Å². The van der Waals surface area contributed by atoms with Gasteiger partial charge in [-0.25, -0.2) is 63.2 Å². The number of carbonyl (C=O) groups is 6. The van der Waals surface area contributed by atoms with E-state index >= 15 is 0 Å². The summed E-state index contributed by atoms with van der Waals surface area (Å²) in [4.78, 5) is 56.2. The van der Waals surface area contributed by atoms with Gasteiger partial charge in [-0.05, 0) is 0 Å². The number of hydrogen-bond acceptors (Lipinski definition) is 11. The van der Waals surface area contributed by atoms with Gasteiger partial charge in [-0.15, -0.1) is 0 Å². The van der Waals surface area contributed by atoms with E-state index in [2.05, 4.69) is 69.4 Å². The van der Waals surface area contributed by atoms with E-state index in [1.165, 1.54) is 0 Å². The number of halogens is 2. The number of nitrogens with one attached hydrogen (secondary N) is 4. The number of hydrazine groups is 3. The number of carbonyl (C=O) groups excluding carboxylic acids is 6. The Morgan fingerprint density at radius 2 is 0.618 bits per heavy atom. The van der Waals surface area contributed by atoms with E-state index in [1.807, 2.05) is 0 Å². The minimum absolute atomic E-state index is 0. The normalized spacial score (nSPS) is 5.29. The summed E-state index contributed by atoms with van der Waals surface area (Å²) < 4.78 is 7.72. The molecule has 24 nitrogen and oxygen atoms in total. The third-order valence-corrected chi connectivity index (χ3v) is 0.593. The summed E-state index contributed by atoms with van der Waals surface area (Å²) in [6.07, 6.45) is 0. The SMILES string of the molecule is N.N.NC(=O)NNC(N)=O.NC(N)=O.NC(N)=O.NNC(N)=O.NNC(N)=O.O.[Cl-].[Na+].[Na+].[O-]Cl. The number of nitrogens with two attached hydrogens (primary N) is 10. The van der Waals surface area contributed by atoms with Gasteiger partial charge in [0.2, 0.25) is 0 Å². The Kier molecular flexibility index (Phi) is 158. The first-order chi connectivity index (χ1) is 12.6. The molecule has 0 aromatic rings. The van der Waals surface area contributed by atoms with E-state index in [9.17, 15) is 19.2 Å². The van der Waals surface area contributed by atoms with Gasteiger partial charge in [0.1, 0.15) is 0 Å². The molecule has 0 fully saturated rings. The number of hydrogen-bond donors (Lipinski definition) is 16.